The van der Waals surface area contributed by atoms with Gasteiger partial charge in [-0.1, -0.05) is 19.1 Å². The van der Waals surface area contributed by atoms with Crippen molar-refractivity contribution in [3.63, 3.8) is 0 Å². The molecule has 9 heteroatoms. The van der Waals surface area contributed by atoms with Crippen LogP contribution in [0.4, 0.5) is 0 Å². The summed E-state index contributed by atoms with van der Waals surface area (Å²) in [6.07, 6.45) is 0.144. The van der Waals surface area contributed by atoms with Gasteiger partial charge in [0.05, 0.1) is 17.1 Å². The topological polar surface area (TPSA) is 113 Å². The maximum Gasteiger partial charge on any atom is 0.313 e. The van der Waals surface area contributed by atoms with Gasteiger partial charge in [0.25, 0.3) is 0 Å². The van der Waals surface area contributed by atoms with Gasteiger partial charge in [-0.2, -0.15) is 0 Å². The van der Waals surface area contributed by atoms with Gasteiger partial charge in [-0.3, -0.25) is 9.59 Å². The van der Waals surface area contributed by atoms with Crippen LogP contribution in [-0.4, -0.2) is 50.0 Å². The summed E-state index contributed by atoms with van der Waals surface area (Å²) in [7, 11) is -3.48. The molecule has 1 aromatic carbocycles. The van der Waals surface area contributed by atoms with Crippen molar-refractivity contribution in [3.05, 3.63) is 29.8 Å². The molecule has 1 amide bonds. The molecule has 7 nitrogen and oxygen atoms in total. The second-order valence-electron chi connectivity index (χ2n) is 4.62. The maximum atomic E-state index is 11.8. The summed E-state index contributed by atoms with van der Waals surface area (Å²) in [4.78, 5) is 22.2. The Morgan fingerprint density at radius 3 is 2.43 bits per heavy atom. The van der Waals surface area contributed by atoms with Crippen LogP contribution in [0.15, 0.2) is 29.2 Å². The number of thioether (sulfide) groups is 1. The lowest BCUT2D eigenvalue weighted by Gasteiger charge is -2.07. The molecule has 0 aromatic heterocycles. The summed E-state index contributed by atoms with van der Waals surface area (Å²) in [5.74, 6) is -0.535. The summed E-state index contributed by atoms with van der Waals surface area (Å²) in [6.45, 7) is 2.40. The Morgan fingerprint density at radius 1 is 1.22 bits per heavy atom. The van der Waals surface area contributed by atoms with Crippen molar-refractivity contribution in [1.29, 1.82) is 0 Å². The zero-order valence-electron chi connectivity index (χ0n) is 12.7. The van der Waals surface area contributed by atoms with Crippen molar-refractivity contribution in [2.75, 3.05) is 24.6 Å². The molecule has 1 aromatic rings. The van der Waals surface area contributed by atoms with E-state index >= 15 is 0 Å². The predicted octanol–water partition coefficient (Wildman–Crippen LogP) is 0.461. The molecule has 23 heavy (non-hydrogen) atoms. The van der Waals surface area contributed by atoms with Crippen LogP contribution >= 0.6 is 11.8 Å². The van der Waals surface area contributed by atoms with Crippen molar-refractivity contribution in [2.24, 2.45) is 0 Å². The highest BCUT2D eigenvalue weighted by Crippen LogP contribution is 2.10. The number of hydrogen-bond donors (Lipinski definition) is 3. The Kier molecular flexibility index (Phi) is 8.07. The molecule has 0 bridgehead atoms. The third-order valence-corrected chi connectivity index (χ3v) is 5.23. The van der Waals surface area contributed by atoms with E-state index in [0.717, 1.165) is 0 Å². The highest BCUT2D eigenvalue weighted by molar-refractivity contribution is 7.99. The largest absolute Gasteiger partial charge is 0.481 e. The minimum Gasteiger partial charge on any atom is -0.481 e. The van der Waals surface area contributed by atoms with Crippen molar-refractivity contribution in [3.8, 4) is 0 Å². The zero-order valence-corrected chi connectivity index (χ0v) is 14.4. The minimum atomic E-state index is -3.48. The molecule has 0 saturated carbocycles. The molecular weight excluding hydrogens is 340 g/mol. The Bertz CT molecular complexity index is 629. The Labute approximate surface area is 139 Å². The first kappa shape index (κ1) is 19.5. The number of amides is 1. The number of rotatable bonds is 10. The fraction of sp³-hybridized carbons (Fsp3) is 0.429. The highest BCUT2D eigenvalue weighted by atomic mass is 32.2. The monoisotopic (exact) mass is 360 g/mol. The lowest BCUT2D eigenvalue weighted by atomic mass is 10.1. The quantitative estimate of drug-likeness (QED) is 0.523. The molecule has 0 atom stereocenters. The van der Waals surface area contributed by atoms with Crippen LogP contribution in [-0.2, 0) is 26.0 Å². The van der Waals surface area contributed by atoms with Crippen LogP contribution in [0.5, 0.6) is 0 Å². The molecule has 3 N–H and O–H groups in total. The lowest BCUT2D eigenvalue weighted by Crippen LogP contribution is -2.27. The van der Waals surface area contributed by atoms with Crippen molar-refractivity contribution < 1.29 is 23.1 Å². The molecule has 128 valence electrons. The smallest absolute Gasteiger partial charge is 0.313 e. The average molecular weight is 360 g/mol. The zero-order chi connectivity index (χ0) is 17.3. The standard InChI is InChI=1S/C14H20N2O5S2/c1-2-16-23(20,21)12-5-3-11(4-6-12)9-13(17)15-7-8-22-10-14(18)19/h3-6,16H,2,7-10H2,1H3,(H,15,17)(H,18,19). The number of nitrogens with one attached hydrogen (secondary N) is 2. The van der Waals surface area contributed by atoms with Gasteiger partial charge in [0.1, 0.15) is 0 Å². The second kappa shape index (κ2) is 9.53. The maximum absolute atomic E-state index is 11.8. The minimum absolute atomic E-state index is 0.0115. The molecule has 0 saturated heterocycles. The summed E-state index contributed by atoms with van der Waals surface area (Å²) in [5, 5.41) is 11.2. The predicted molar refractivity (Wildman–Crippen MR) is 89.0 cm³/mol. The molecule has 0 fully saturated rings. The van der Waals surface area contributed by atoms with Crippen LogP contribution in [0, 0.1) is 0 Å². The fourth-order valence-electron chi connectivity index (χ4n) is 1.73. The van der Waals surface area contributed by atoms with Crippen LogP contribution in [0.2, 0.25) is 0 Å². The molecular formula is C14H20N2O5S2. The first-order chi connectivity index (χ1) is 10.8. The van der Waals surface area contributed by atoms with E-state index in [1.54, 1.807) is 19.1 Å². The van der Waals surface area contributed by atoms with Crippen LogP contribution in [0.3, 0.4) is 0 Å². The van der Waals surface area contributed by atoms with E-state index in [-0.39, 0.29) is 23.0 Å². The first-order valence-corrected chi connectivity index (χ1v) is 9.63. The van der Waals surface area contributed by atoms with E-state index in [0.29, 0.717) is 24.4 Å². The summed E-state index contributed by atoms with van der Waals surface area (Å²) in [6, 6.07) is 6.12. The third kappa shape index (κ3) is 7.49. The number of benzene rings is 1. The average Bonchev–Trinajstić information content (AvgIpc) is 2.47. The molecule has 1 rings (SSSR count). The van der Waals surface area contributed by atoms with Crippen molar-refractivity contribution in [1.82, 2.24) is 10.0 Å². The van der Waals surface area contributed by atoms with Crippen LogP contribution < -0.4 is 10.0 Å². The van der Waals surface area contributed by atoms with Gasteiger partial charge in [-0.05, 0) is 17.7 Å². The van der Waals surface area contributed by atoms with Crippen molar-refractivity contribution >= 4 is 33.7 Å². The van der Waals surface area contributed by atoms with E-state index < -0.39 is 16.0 Å². The normalized spacial score (nSPS) is 11.2. The molecule has 0 heterocycles. The lowest BCUT2D eigenvalue weighted by molar-refractivity contribution is -0.133. The van der Waals surface area contributed by atoms with Gasteiger partial charge >= 0.3 is 5.97 Å². The van der Waals surface area contributed by atoms with E-state index in [1.165, 1.54) is 23.9 Å². The molecule has 0 unspecified atom stereocenters. The Morgan fingerprint density at radius 2 is 1.87 bits per heavy atom. The molecule has 0 aliphatic carbocycles. The number of sulfonamides is 1. The third-order valence-electron chi connectivity index (χ3n) is 2.73. The summed E-state index contributed by atoms with van der Waals surface area (Å²) < 4.78 is 26.0. The molecule has 0 spiro atoms. The van der Waals surface area contributed by atoms with Crippen molar-refractivity contribution in [2.45, 2.75) is 18.2 Å². The SMILES string of the molecule is CCNS(=O)(=O)c1ccc(CC(=O)NCCSCC(=O)O)cc1. The van der Waals surface area contributed by atoms with E-state index in [9.17, 15) is 18.0 Å². The van der Waals surface area contributed by atoms with Crippen LogP contribution in [0.25, 0.3) is 0 Å². The van der Waals surface area contributed by atoms with Gasteiger partial charge in [-0.15, -0.1) is 11.8 Å². The fourth-order valence-corrected chi connectivity index (χ4v) is 3.34. The van der Waals surface area contributed by atoms with Gasteiger partial charge in [0.2, 0.25) is 15.9 Å². The number of carbonyl (C=O) groups is 2. The highest BCUT2D eigenvalue weighted by Gasteiger charge is 2.12. The molecule has 0 radical (unpaired) electrons. The van der Waals surface area contributed by atoms with Gasteiger partial charge < -0.3 is 10.4 Å². The van der Waals surface area contributed by atoms with E-state index in [4.69, 9.17) is 5.11 Å². The second-order valence-corrected chi connectivity index (χ2v) is 7.49. The first-order valence-electron chi connectivity index (χ1n) is 7.00. The summed E-state index contributed by atoms with van der Waals surface area (Å²) >= 11 is 1.23. The molecule has 0 aliphatic rings. The van der Waals surface area contributed by atoms with Gasteiger partial charge in [-0.25, -0.2) is 13.1 Å². The number of carboxylic acids is 1. The van der Waals surface area contributed by atoms with Gasteiger partial charge in [0.15, 0.2) is 0 Å². The number of aliphatic carboxylic acids is 1. The van der Waals surface area contributed by atoms with Crippen LogP contribution in [0.1, 0.15) is 12.5 Å². The van der Waals surface area contributed by atoms with E-state index in [2.05, 4.69) is 10.0 Å². The number of hydrogen-bond acceptors (Lipinski definition) is 5. The summed E-state index contributed by atoms with van der Waals surface area (Å²) in [5.41, 5.74) is 0.705. The number of carboxylic acid groups (broad SMARTS) is 1. The van der Waals surface area contributed by atoms with E-state index in [1.807, 2.05) is 0 Å². The Balaban J connectivity index is 2.43. The molecule has 0 aliphatic heterocycles. The van der Waals surface area contributed by atoms with Gasteiger partial charge in [0, 0.05) is 18.8 Å². The number of carbonyl (C=O) groups excluding carboxylic acids is 1. The Hall–Kier alpha value is -1.58.